The summed E-state index contributed by atoms with van der Waals surface area (Å²) in [5.41, 5.74) is 4.59. The molecule has 0 atom stereocenters. The smallest absolute Gasteiger partial charge is 0.298 e. The van der Waals surface area contributed by atoms with Gasteiger partial charge in [0.1, 0.15) is 0 Å². The van der Waals surface area contributed by atoms with Gasteiger partial charge in [-0.15, -0.1) is 0 Å². The quantitative estimate of drug-likeness (QED) is 0.568. The van der Waals surface area contributed by atoms with Gasteiger partial charge >= 0.3 is 0 Å². The van der Waals surface area contributed by atoms with Crippen LogP contribution in [0.4, 0.5) is 5.95 Å². The van der Waals surface area contributed by atoms with Crippen molar-refractivity contribution < 1.29 is 15.3 Å². The van der Waals surface area contributed by atoms with E-state index in [1.165, 1.54) is 0 Å². The second-order valence-corrected chi connectivity index (χ2v) is 2.77. The number of aromatic hydroxyl groups is 1. The molecule has 1 rings (SSSR count). The zero-order chi connectivity index (χ0) is 10.0. The molecule has 0 unspecified atom stereocenters. The lowest BCUT2D eigenvalue weighted by Gasteiger charge is -2.08. The standard InChI is InChI=1S/C7H11N3O3.H2O/c1-3(2)13-4-5(11)9-7(8)10-6(4)12;/h3H,1-2H3,(H4,8,9,10,11,12);1H2. The lowest BCUT2D eigenvalue weighted by molar-refractivity contribution is 0.225. The van der Waals surface area contributed by atoms with Crippen LogP contribution in [0.1, 0.15) is 13.8 Å². The second-order valence-electron chi connectivity index (χ2n) is 2.77. The van der Waals surface area contributed by atoms with E-state index in [-0.39, 0.29) is 23.3 Å². The number of nitrogen functional groups attached to an aromatic ring is 1. The van der Waals surface area contributed by atoms with Gasteiger partial charge in [0.25, 0.3) is 11.4 Å². The van der Waals surface area contributed by atoms with Crippen molar-refractivity contribution in [2.45, 2.75) is 20.0 Å². The highest BCUT2D eigenvalue weighted by atomic mass is 16.5. The van der Waals surface area contributed by atoms with Gasteiger partial charge in [-0.1, -0.05) is 0 Å². The molecule has 0 amide bonds. The fraction of sp³-hybridized carbons (Fsp3) is 0.429. The van der Waals surface area contributed by atoms with E-state index in [4.69, 9.17) is 10.5 Å². The molecule has 1 aromatic heterocycles. The van der Waals surface area contributed by atoms with E-state index < -0.39 is 11.4 Å². The molecule has 0 bridgehead atoms. The number of hydrogen-bond acceptors (Lipinski definition) is 5. The van der Waals surface area contributed by atoms with Crippen LogP contribution in [0.2, 0.25) is 0 Å². The predicted molar refractivity (Wildman–Crippen MR) is 50.3 cm³/mol. The van der Waals surface area contributed by atoms with Crippen LogP contribution in [0.3, 0.4) is 0 Å². The Bertz CT molecular complexity index is 360. The van der Waals surface area contributed by atoms with Gasteiger partial charge in [-0.2, -0.15) is 4.98 Å². The molecule has 0 aromatic carbocycles. The minimum atomic E-state index is -0.585. The van der Waals surface area contributed by atoms with Crippen LogP contribution >= 0.6 is 0 Å². The van der Waals surface area contributed by atoms with Gasteiger partial charge in [0.05, 0.1) is 6.10 Å². The molecule has 7 heteroatoms. The summed E-state index contributed by atoms with van der Waals surface area (Å²) in [6.45, 7) is 3.46. The summed E-state index contributed by atoms with van der Waals surface area (Å²) in [7, 11) is 0. The molecule has 14 heavy (non-hydrogen) atoms. The van der Waals surface area contributed by atoms with Crippen molar-refractivity contribution in [3.63, 3.8) is 0 Å². The van der Waals surface area contributed by atoms with Crippen molar-refractivity contribution in [2.24, 2.45) is 0 Å². The van der Waals surface area contributed by atoms with Gasteiger partial charge in [-0.05, 0) is 13.8 Å². The average Bonchev–Trinajstić information content (AvgIpc) is 1.96. The van der Waals surface area contributed by atoms with E-state index in [0.717, 1.165) is 0 Å². The van der Waals surface area contributed by atoms with Crippen molar-refractivity contribution >= 4 is 5.95 Å². The van der Waals surface area contributed by atoms with Gasteiger partial charge in [0.15, 0.2) is 0 Å². The van der Waals surface area contributed by atoms with Crippen molar-refractivity contribution in [1.29, 1.82) is 0 Å². The maximum atomic E-state index is 11.1. The fourth-order valence-corrected chi connectivity index (χ4v) is 0.809. The molecule has 0 fully saturated rings. The number of nitrogens with zero attached hydrogens (tertiary/aromatic N) is 1. The van der Waals surface area contributed by atoms with E-state index in [2.05, 4.69) is 9.97 Å². The molecular formula is C7H13N3O4. The first kappa shape index (κ1) is 12.2. The number of ether oxygens (including phenoxy) is 1. The molecule has 80 valence electrons. The van der Waals surface area contributed by atoms with Crippen LogP contribution < -0.4 is 16.0 Å². The minimum absolute atomic E-state index is 0. The lowest BCUT2D eigenvalue weighted by atomic mass is 10.4. The molecule has 0 spiro atoms. The Balaban J connectivity index is 0.00000169. The van der Waals surface area contributed by atoms with Gasteiger partial charge in [0, 0.05) is 0 Å². The van der Waals surface area contributed by atoms with Crippen molar-refractivity contribution in [3.8, 4) is 11.6 Å². The van der Waals surface area contributed by atoms with E-state index in [1.807, 2.05) is 0 Å². The Hall–Kier alpha value is -1.76. The molecule has 1 heterocycles. The first-order valence-corrected chi connectivity index (χ1v) is 3.76. The maximum Gasteiger partial charge on any atom is 0.298 e. The Morgan fingerprint density at radius 1 is 1.57 bits per heavy atom. The first-order valence-electron chi connectivity index (χ1n) is 3.76. The minimum Gasteiger partial charge on any atom is -0.490 e. The molecule has 0 saturated heterocycles. The molecule has 1 aromatic rings. The molecule has 7 nitrogen and oxygen atoms in total. The highest BCUT2D eigenvalue weighted by molar-refractivity contribution is 5.34. The number of hydrogen-bond donors (Lipinski definition) is 3. The summed E-state index contributed by atoms with van der Waals surface area (Å²) >= 11 is 0. The van der Waals surface area contributed by atoms with Gasteiger partial charge in [-0.3, -0.25) is 9.78 Å². The largest absolute Gasteiger partial charge is 0.490 e. The van der Waals surface area contributed by atoms with Crippen molar-refractivity contribution in [3.05, 3.63) is 10.4 Å². The summed E-state index contributed by atoms with van der Waals surface area (Å²) in [5.74, 6) is -0.835. The monoisotopic (exact) mass is 203 g/mol. The van der Waals surface area contributed by atoms with Crippen LogP contribution in [0, 0.1) is 0 Å². The third-order valence-electron chi connectivity index (χ3n) is 1.23. The highest BCUT2D eigenvalue weighted by Crippen LogP contribution is 2.18. The zero-order valence-corrected chi connectivity index (χ0v) is 7.87. The SMILES string of the molecule is CC(C)Oc1c(O)nc(N)[nH]c1=O.O. The number of anilines is 1. The van der Waals surface area contributed by atoms with E-state index in [9.17, 15) is 9.90 Å². The number of nitrogens with one attached hydrogen (secondary N) is 1. The van der Waals surface area contributed by atoms with Gasteiger partial charge in [0.2, 0.25) is 11.7 Å². The van der Waals surface area contributed by atoms with Gasteiger partial charge < -0.3 is 21.1 Å². The Morgan fingerprint density at radius 3 is 2.57 bits per heavy atom. The summed E-state index contributed by atoms with van der Waals surface area (Å²) in [6.07, 6.45) is -0.211. The van der Waals surface area contributed by atoms with Crippen LogP contribution in [0.5, 0.6) is 11.6 Å². The van der Waals surface area contributed by atoms with Gasteiger partial charge in [-0.25, -0.2) is 0 Å². The molecular weight excluding hydrogens is 190 g/mol. The lowest BCUT2D eigenvalue weighted by Crippen LogP contribution is -2.18. The van der Waals surface area contributed by atoms with Crippen molar-refractivity contribution in [2.75, 3.05) is 5.73 Å². The predicted octanol–water partition coefficient (Wildman–Crippen LogP) is -0.980. The molecule has 6 N–H and O–H groups in total. The van der Waals surface area contributed by atoms with Crippen LogP contribution in [-0.2, 0) is 0 Å². The van der Waals surface area contributed by atoms with Crippen molar-refractivity contribution in [1.82, 2.24) is 9.97 Å². The molecule has 0 saturated carbocycles. The Labute approximate surface area is 79.9 Å². The van der Waals surface area contributed by atoms with Crippen LogP contribution in [0.25, 0.3) is 0 Å². The molecule has 0 aliphatic carbocycles. The van der Waals surface area contributed by atoms with E-state index >= 15 is 0 Å². The molecule has 0 aliphatic rings. The van der Waals surface area contributed by atoms with Crippen LogP contribution in [0.15, 0.2) is 4.79 Å². The normalized spacial score (nSPS) is 9.64. The van der Waals surface area contributed by atoms with E-state index in [1.54, 1.807) is 13.8 Å². The summed E-state index contributed by atoms with van der Waals surface area (Å²) in [6, 6.07) is 0. The Morgan fingerprint density at radius 2 is 2.14 bits per heavy atom. The maximum absolute atomic E-state index is 11.1. The van der Waals surface area contributed by atoms with Crippen LogP contribution in [-0.4, -0.2) is 26.7 Å². The van der Waals surface area contributed by atoms with E-state index in [0.29, 0.717) is 0 Å². The second kappa shape index (κ2) is 4.47. The summed E-state index contributed by atoms with van der Waals surface area (Å²) in [5, 5.41) is 9.18. The Kier molecular flexibility index (Phi) is 3.91. The number of aromatic nitrogens is 2. The number of nitrogens with two attached hydrogens (primary N) is 1. The highest BCUT2D eigenvalue weighted by Gasteiger charge is 2.11. The average molecular weight is 203 g/mol. The topological polar surface area (TPSA) is 133 Å². The fourth-order valence-electron chi connectivity index (χ4n) is 0.809. The molecule has 0 radical (unpaired) electrons. The first-order chi connectivity index (χ1) is 6.00. The third kappa shape index (κ3) is 2.63. The molecule has 0 aliphatic heterocycles. The third-order valence-corrected chi connectivity index (χ3v) is 1.23. The number of rotatable bonds is 2. The summed E-state index contributed by atoms with van der Waals surface area (Å²) in [4.78, 5) is 16.8. The number of H-pyrrole nitrogens is 1. The number of aromatic amines is 1. The summed E-state index contributed by atoms with van der Waals surface area (Å²) < 4.78 is 5.02. The zero-order valence-electron chi connectivity index (χ0n) is 7.87.